The minimum Gasteiger partial charge on any atom is -0.497 e. The maximum atomic E-state index is 12.0. The van der Waals surface area contributed by atoms with Gasteiger partial charge in [-0.05, 0) is 49.7 Å². The number of hydrogen-bond donors (Lipinski definition) is 1. The van der Waals surface area contributed by atoms with Crippen LogP contribution in [0.1, 0.15) is 22.7 Å². The van der Waals surface area contributed by atoms with E-state index in [4.69, 9.17) is 9.47 Å². The lowest BCUT2D eigenvalue weighted by molar-refractivity contribution is -0.121. The molecule has 0 atom stereocenters. The van der Waals surface area contributed by atoms with Crippen LogP contribution in [0.4, 0.5) is 0 Å². The molecule has 3 aromatic rings. The van der Waals surface area contributed by atoms with Crippen LogP contribution in [0, 0.1) is 6.92 Å². The van der Waals surface area contributed by atoms with E-state index < -0.39 is 0 Å². The van der Waals surface area contributed by atoms with Crippen LogP contribution in [0.25, 0.3) is 10.6 Å². The lowest BCUT2D eigenvalue weighted by Crippen LogP contribution is -2.22. The number of carbonyl (C=O) groups excluding carboxylic acids is 1. The van der Waals surface area contributed by atoms with Crippen LogP contribution >= 0.6 is 22.7 Å². The van der Waals surface area contributed by atoms with Crippen molar-refractivity contribution >= 4 is 28.6 Å². The molecular weight excluding hydrogens is 380 g/mol. The third-order valence-corrected chi connectivity index (χ3v) is 5.75. The maximum absolute atomic E-state index is 12.0. The molecule has 27 heavy (non-hydrogen) atoms. The van der Waals surface area contributed by atoms with Crippen molar-refractivity contribution in [2.75, 3.05) is 13.7 Å². The fourth-order valence-corrected chi connectivity index (χ4v) is 4.05. The van der Waals surface area contributed by atoms with E-state index in [9.17, 15) is 4.79 Å². The first-order valence-corrected chi connectivity index (χ1v) is 10.4. The Morgan fingerprint density at radius 3 is 2.63 bits per heavy atom. The van der Waals surface area contributed by atoms with Gasteiger partial charge in [0.15, 0.2) is 0 Å². The zero-order valence-electron chi connectivity index (χ0n) is 15.4. The number of methoxy groups -OCH3 is 1. The number of nitrogens with zero attached hydrogens (tertiary/aromatic N) is 1. The fraction of sp³-hybridized carbons (Fsp3) is 0.300. The molecule has 0 aliphatic carbocycles. The van der Waals surface area contributed by atoms with Gasteiger partial charge in [0.2, 0.25) is 5.91 Å². The number of amides is 1. The number of thiophene rings is 1. The second-order valence-corrected chi connectivity index (χ2v) is 8.15. The number of thiazole rings is 1. The van der Waals surface area contributed by atoms with Crippen LogP contribution in [-0.4, -0.2) is 24.6 Å². The van der Waals surface area contributed by atoms with Gasteiger partial charge < -0.3 is 14.8 Å². The van der Waals surface area contributed by atoms with Gasteiger partial charge in [0.05, 0.1) is 35.8 Å². The first-order chi connectivity index (χ1) is 13.1. The summed E-state index contributed by atoms with van der Waals surface area (Å²) in [6.07, 6.45) is 1.12. The second-order valence-electron chi connectivity index (χ2n) is 5.92. The first-order valence-electron chi connectivity index (χ1n) is 8.69. The van der Waals surface area contributed by atoms with E-state index in [-0.39, 0.29) is 5.91 Å². The highest BCUT2D eigenvalue weighted by Gasteiger charge is 2.07. The Morgan fingerprint density at radius 1 is 1.15 bits per heavy atom. The minimum absolute atomic E-state index is 0.0350. The average molecular weight is 403 g/mol. The summed E-state index contributed by atoms with van der Waals surface area (Å²) in [4.78, 5) is 18.8. The number of carbonyl (C=O) groups is 1. The standard InChI is InChI=1S/C20H22N2O3S2/c1-14-22-18(13-26-14)19-10-9-17(27-19)12-21-20(23)4-3-11-25-16-7-5-15(24-2)6-8-16/h5-10,13H,3-4,11-12H2,1-2H3,(H,21,23). The molecule has 0 spiro atoms. The van der Waals surface area contributed by atoms with E-state index in [2.05, 4.69) is 21.7 Å². The summed E-state index contributed by atoms with van der Waals surface area (Å²) in [7, 11) is 1.63. The van der Waals surface area contributed by atoms with Gasteiger partial charge in [0.1, 0.15) is 11.5 Å². The number of hydrogen-bond acceptors (Lipinski definition) is 6. The molecule has 5 nitrogen and oxygen atoms in total. The largest absolute Gasteiger partial charge is 0.497 e. The summed E-state index contributed by atoms with van der Waals surface area (Å²) in [6, 6.07) is 11.5. The summed E-state index contributed by atoms with van der Waals surface area (Å²) >= 11 is 3.31. The Morgan fingerprint density at radius 2 is 1.93 bits per heavy atom. The van der Waals surface area contributed by atoms with Gasteiger partial charge in [-0.3, -0.25) is 4.79 Å². The van der Waals surface area contributed by atoms with Crippen molar-refractivity contribution in [1.82, 2.24) is 10.3 Å². The number of aryl methyl sites for hydroxylation is 1. The summed E-state index contributed by atoms with van der Waals surface area (Å²) in [5.74, 6) is 1.61. The van der Waals surface area contributed by atoms with E-state index in [0.717, 1.165) is 32.0 Å². The molecule has 0 aliphatic heterocycles. The highest BCUT2D eigenvalue weighted by Crippen LogP contribution is 2.28. The molecule has 0 aliphatic rings. The zero-order chi connectivity index (χ0) is 19.1. The molecule has 3 rings (SSSR count). The topological polar surface area (TPSA) is 60.5 Å². The van der Waals surface area contributed by atoms with Crippen molar-refractivity contribution in [2.24, 2.45) is 0 Å². The number of aromatic nitrogens is 1. The van der Waals surface area contributed by atoms with Gasteiger partial charge in [-0.2, -0.15) is 0 Å². The number of rotatable bonds is 9. The van der Waals surface area contributed by atoms with Crippen LogP contribution in [0.5, 0.6) is 11.5 Å². The summed E-state index contributed by atoms with van der Waals surface area (Å²) < 4.78 is 10.7. The predicted molar refractivity (Wildman–Crippen MR) is 110 cm³/mol. The van der Waals surface area contributed by atoms with Crippen LogP contribution in [-0.2, 0) is 11.3 Å². The molecular formula is C20H22N2O3S2. The third-order valence-electron chi connectivity index (χ3n) is 3.87. The van der Waals surface area contributed by atoms with Gasteiger partial charge in [0.25, 0.3) is 0 Å². The van der Waals surface area contributed by atoms with Crippen molar-refractivity contribution in [3.05, 3.63) is 51.7 Å². The molecule has 0 saturated heterocycles. The molecule has 0 fully saturated rings. The molecule has 0 saturated carbocycles. The molecule has 0 bridgehead atoms. The van der Waals surface area contributed by atoms with E-state index in [1.165, 1.54) is 0 Å². The smallest absolute Gasteiger partial charge is 0.220 e. The normalized spacial score (nSPS) is 10.6. The fourth-order valence-electron chi connectivity index (χ4n) is 2.46. The van der Waals surface area contributed by atoms with Crippen LogP contribution < -0.4 is 14.8 Å². The van der Waals surface area contributed by atoms with E-state index in [1.54, 1.807) is 29.8 Å². The van der Waals surface area contributed by atoms with Crippen LogP contribution in [0.3, 0.4) is 0 Å². The Hall–Kier alpha value is -2.38. The lowest BCUT2D eigenvalue weighted by atomic mass is 10.3. The molecule has 142 valence electrons. The van der Waals surface area contributed by atoms with Gasteiger partial charge >= 0.3 is 0 Å². The minimum atomic E-state index is 0.0350. The summed E-state index contributed by atoms with van der Waals surface area (Å²) in [6.45, 7) is 3.05. The van der Waals surface area contributed by atoms with Gasteiger partial charge in [0, 0.05) is 16.7 Å². The third kappa shape index (κ3) is 5.80. The van der Waals surface area contributed by atoms with E-state index >= 15 is 0 Å². The van der Waals surface area contributed by atoms with Crippen molar-refractivity contribution in [1.29, 1.82) is 0 Å². The Kier molecular flexibility index (Phi) is 6.84. The Labute approximate surface area is 167 Å². The molecule has 1 amide bonds. The Balaban J connectivity index is 1.35. The Bertz CT molecular complexity index is 871. The highest BCUT2D eigenvalue weighted by molar-refractivity contribution is 7.16. The monoisotopic (exact) mass is 402 g/mol. The molecule has 2 aromatic heterocycles. The van der Waals surface area contributed by atoms with Crippen LogP contribution in [0.2, 0.25) is 0 Å². The summed E-state index contributed by atoms with van der Waals surface area (Å²) in [5, 5.41) is 6.09. The van der Waals surface area contributed by atoms with Crippen molar-refractivity contribution in [3.63, 3.8) is 0 Å². The van der Waals surface area contributed by atoms with Crippen molar-refractivity contribution in [3.8, 4) is 22.1 Å². The predicted octanol–water partition coefficient (Wildman–Crippen LogP) is 4.66. The van der Waals surface area contributed by atoms with Gasteiger partial charge in [-0.25, -0.2) is 4.98 Å². The first kappa shape index (κ1) is 19.4. The molecule has 1 N–H and O–H groups in total. The molecule has 7 heteroatoms. The number of benzene rings is 1. The van der Waals surface area contributed by atoms with Gasteiger partial charge in [-0.1, -0.05) is 0 Å². The van der Waals surface area contributed by atoms with Crippen molar-refractivity contribution < 1.29 is 14.3 Å². The molecule has 1 aromatic carbocycles. The molecule has 0 radical (unpaired) electrons. The van der Waals surface area contributed by atoms with E-state index in [0.29, 0.717) is 26.0 Å². The van der Waals surface area contributed by atoms with E-state index in [1.807, 2.05) is 37.3 Å². The van der Waals surface area contributed by atoms with Crippen LogP contribution in [0.15, 0.2) is 41.8 Å². The lowest BCUT2D eigenvalue weighted by Gasteiger charge is -2.07. The number of ether oxygens (including phenoxy) is 2. The second kappa shape index (κ2) is 9.53. The maximum Gasteiger partial charge on any atom is 0.220 e. The summed E-state index contributed by atoms with van der Waals surface area (Å²) in [5.41, 5.74) is 1.01. The average Bonchev–Trinajstić information content (AvgIpc) is 3.33. The molecule has 2 heterocycles. The SMILES string of the molecule is COc1ccc(OCCCC(=O)NCc2ccc(-c3csc(C)n3)s2)cc1. The number of nitrogens with one attached hydrogen (secondary N) is 1. The van der Waals surface area contributed by atoms with Crippen molar-refractivity contribution in [2.45, 2.75) is 26.3 Å². The molecule has 0 unspecified atom stereocenters. The van der Waals surface area contributed by atoms with Gasteiger partial charge in [-0.15, -0.1) is 22.7 Å². The highest BCUT2D eigenvalue weighted by atomic mass is 32.1. The zero-order valence-corrected chi connectivity index (χ0v) is 17.0. The quantitative estimate of drug-likeness (QED) is 0.529.